The molecule has 1 aromatic rings. The fraction of sp³-hybridized carbons (Fsp3) is 0.619. The van der Waals surface area contributed by atoms with E-state index in [1.54, 1.807) is 0 Å². The molecule has 0 saturated carbocycles. The molecule has 1 aliphatic rings. The van der Waals surface area contributed by atoms with Gasteiger partial charge in [-0.3, -0.25) is 4.79 Å². The van der Waals surface area contributed by atoms with Crippen LogP contribution in [0.25, 0.3) is 0 Å². The summed E-state index contributed by atoms with van der Waals surface area (Å²) in [5.74, 6) is 0.651. The highest BCUT2D eigenvalue weighted by atomic mass is 32.1. The zero-order chi connectivity index (χ0) is 20.0. The molecule has 6 heteroatoms. The van der Waals surface area contributed by atoms with Gasteiger partial charge >= 0.3 is 0 Å². The smallest absolute Gasteiger partial charge is 0.275 e. The Morgan fingerprint density at radius 1 is 1.19 bits per heavy atom. The van der Waals surface area contributed by atoms with Gasteiger partial charge in [-0.05, 0) is 56.6 Å². The number of carbonyl (C=O) groups is 1. The van der Waals surface area contributed by atoms with Crippen molar-refractivity contribution < 1.29 is 9.69 Å². The van der Waals surface area contributed by atoms with Crippen LogP contribution < -0.4 is 15.5 Å². The summed E-state index contributed by atoms with van der Waals surface area (Å²) in [5.41, 5.74) is 2.18. The van der Waals surface area contributed by atoms with Crippen molar-refractivity contribution in [1.82, 2.24) is 10.2 Å². The number of anilines is 1. The summed E-state index contributed by atoms with van der Waals surface area (Å²) in [6, 6.07) is 8.48. The van der Waals surface area contributed by atoms with Gasteiger partial charge in [-0.25, -0.2) is 0 Å². The van der Waals surface area contributed by atoms with Gasteiger partial charge in [0.2, 0.25) is 0 Å². The minimum absolute atomic E-state index is 0.122. The highest BCUT2D eigenvalue weighted by Crippen LogP contribution is 2.17. The Morgan fingerprint density at radius 3 is 2.44 bits per heavy atom. The minimum atomic E-state index is -0.176. The van der Waals surface area contributed by atoms with E-state index in [4.69, 9.17) is 12.2 Å². The lowest BCUT2D eigenvalue weighted by Crippen LogP contribution is -3.13. The lowest BCUT2D eigenvalue weighted by atomic mass is 10.0. The van der Waals surface area contributed by atoms with Crippen molar-refractivity contribution in [1.29, 1.82) is 0 Å². The van der Waals surface area contributed by atoms with E-state index in [9.17, 15) is 4.79 Å². The highest BCUT2D eigenvalue weighted by molar-refractivity contribution is 7.80. The van der Waals surface area contributed by atoms with E-state index in [0.29, 0.717) is 12.5 Å². The van der Waals surface area contributed by atoms with Gasteiger partial charge in [0.25, 0.3) is 5.91 Å². The molecule has 1 amide bonds. The molecule has 1 heterocycles. The lowest BCUT2D eigenvalue weighted by molar-refractivity contribution is -0.889. The SMILES string of the molecule is CC(C)c1ccc(NC(=S)N2CCC[NH+](CC(=O)NC(C)(C)C)CC2)cc1. The Balaban J connectivity index is 1.84. The Hall–Kier alpha value is -1.66. The molecule has 0 radical (unpaired) electrons. The number of thiocarbonyl (C=S) groups is 1. The predicted molar refractivity (Wildman–Crippen MR) is 116 cm³/mol. The number of carbonyl (C=O) groups excluding carboxylic acids is 1. The second-order valence-electron chi connectivity index (χ2n) is 8.77. The Morgan fingerprint density at radius 2 is 1.85 bits per heavy atom. The maximum absolute atomic E-state index is 12.2. The van der Waals surface area contributed by atoms with Crippen molar-refractivity contribution in [3.63, 3.8) is 0 Å². The van der Waals surface area contributed by atoms with Crippen LogP contribution in [0.15, 0.2) is 24.3 Å². The third kappa shape index (κ3) is 7.46. The van der Waals surface area contributed by atoms with Gasteiger partial charge in [0, 0.05) is 24.2 Å². The van der Waals surface area contributed by atoms with Gasteiger partial charge in [0.15, 0.2) is 11.7 Å². The molecule has 0 spiro atoms. The molecule has 1 fully saturated rings. The molecule has 1 atom stereocenters. The third-order valence-electron chi connectivity index (χ3n) is 4.73. The molecule has 2 rings (SSSR count). The molecule has 27 heavy (non-hydrogen) atoms. The van der Waals surface area contributed by atoms with E-state index < -0.39 is 0 Å². The summed E-state index contributed by atoms with van der Waals surface area (Å²) < 4.78 is 0. The Kier molecular flexibility index (Phi) is 7.62. The molecule has 150 valence electrons. The fourth-order valence-corrected chi connectivity index (χ4v) is 3.57. The van der Waals surface area contributed by atoms with E-state index in [1.165, 1.54) is 10.5 Å². The van der Waals surface area contributed by atoms with Crippen LogP contribution in [0, 0.1) is 0 Å². The van der Waals surface area contributed by atoms with E-state index in [-0.39, 0.29) is 11.4 Å². The van der Waals surface area contributed by atoms with Crippen LogP contribution >= 0.6 is 12.2 Å². The first-order chi connectivity index (χ1) is 12.6. The molecule has 0 bridgehead atoms. The van der Waals surface area contributed by atoms with Crippen LogP contribution in [0.5, 0.6) is 0 Å². The summed E-state index contributed by atoms with van der Waals surface area (Å²) in [7, 11) is 0. The second kappa shape index (κ2) is 9.51. The van der Waals surface area contributed by atoms with Crippen LogP contribution in [0.2, 0.25) is 0 Å². The minimum Gasteiger partial charge on any atom is -0.347 e. The van der Waals surface area contributed by atoms with Crippen LogP contribution in [-0.4, -0.2) is 54.2 Å². The molecule has 3 N–H and O–H groups in total. The summed E-state index contributed by atoms with van der Waals surface area (Å²) in [4.78, 5) is 15.7. The van der Waals surface area contributed by atoms with Gasteiger partial charge in [-0.1, -0.05) is 26.0 Å². The molecule has 1 saturated heterocycles. The molecule has 1 aromatic carbocycles. The number of hydrogen-bond acceptors (Lipinski definition) is 2. The summed E-state index contributed by atoms with van der Waals surface area (Å²) in [6.07, 6.45) is 1.03. The zero-order valence-electron chi connectivity index (χ0n) is 17.4. The van der Waals surface area contributed by atoms with Crippen molar-refractivity contribution in [2.24, 2.45) is 0 Å². The molecule has 1 aliphatic heterocycles. The lowest BCUT2D eigenvalue weighted by Gasteiger charge is -2.24. The van der Waals surface area contributed by atoms with Gasteiger partial charge in [0.05, 0.1) is 19.6 Å². The van der Waals surface area contributed by atoms with E-state index in [1.807, 2.05) is 20.8 Å². The third-order valence-corrected chi connectivity index (χ3v) is 5.09. The Bertz CT molecular complexity index is 637. The monoisotopic (exact) mass is 391 g/mol. The number of nitrogens with zero attached hydrogens (tertiary/aromatic N) is 1. The van der Waals surface area contributed by atoms with Crippen LogP contribution in [0.1, 0.15) is 52.5 Å². The Labute approximate surface area is 169 Å². The maximum atomic E-state index is 12.2. The molecular formula is C21H35N4OS+. The maximum Gasteiger partial charge on any atom is 0.275 e. The van der Waals surface area contributed by atoms with Gasteiger partial charge in [-0.2, -0.15) is 0 Å². The summed E-state index contributed by atoms with van der Waals surface area (Å²) >= 11 is 5.62. The van der Waals surface area contributed by atoms with Crippen molar-refractivity contribution in [3.8, 4) is 0 Å². The summed E-state index contributed by atoms with van der Waals surface area (Å²) in [6.45, 7) is 14.7. The normalized spacial score (nSPS) is 18.1. The largest absolute Gasteiger partial charge is 0.347 e. The van der Waals surface area contributed by atoms with Crippen molar-refractivity contribution >= 4 is 28.9 Å². The van der Waals surface area contributed by atoms with Gasteiger partial charge < -0.3 is 20.4 Å². The number of rotatable bonds is 4. The van der Waals surface area contributed by atoms with E-state index >= 15 is 0 Å². The average molecular weight is 392 g/mol. The standard InChI is InChI=1S/C21H34N4OS/c1-16(2)17-7-9-18(10-8-17)22-20(27)25-12-6-11-24(13-14-25)15-19(26)23-21(3,4)5/h7-10,16H,6,11-15H2,1-5H3,(H,22,27)(H,23,26)/p+1. The van der Waals surface area contributed by atoms with E-state index in [2.05, 4.69) is 53.6 Å². The number of amides is 1. The van der Waals surface area contributed by atoms with Crippen molar-refractivity contribution in [3.05, 3.63) is 29.8 Å². The highest BCUT2D eigenvalue weighted by Gasteiger charge is 2.23. The molecular weight excluding hydrogens is 356 g/mol. The molecule has 0 aliphatic carbocycles. The topological polar surface area (TPSA) is 48.8 Å². The quantitative estimate of drug-likeness (QED) is 0.688. The summed E-state index contributed by atoms with van der Waals surface area (Å²) in [5, 5.41) is 7.19. The zero-order valence-corrected chi connectivity index (χ0v) is 18.2. The van der Waals surface area contributed by atoms with Crippen molar-refractivity contribution in [2.45, 2.75) is 52.5 Å². The predicted octanol–water partition coefficient (Wildman–Crippen LogP) is 2.01. The molecule has 1 unspecified atom stereocenters. The second-order valence-corrected chi connectivity index (χ2v) is 9.16. The first-order valence-corrected chi connectivity index (χ1v) is 10.4. The first kappa shape index (κ1) is 21.6. The number of nitrogens with one attached hydrogen (secondary N) is 3. The van der Waals surface area contributed by atoms with E-state index in [0.717, 1.165) is 43.4 Å². The molecule has 0 aromatic heterocycles. The van der Waals surface area contributed by atoms with Crippen LogP contribution in [0.4, 0.5) is 5.69 Å². The van der Waals surface area contributed by atoms with Gasteiger partial charge in [0.1, 0.15) is 0 Å². The number of quaternary nitrogens is 1. The van der Waals surface area contributed by atoms with Crippen LogP contribution in [0.3, 0.4) is 0 Å². The van der Waals surface area contributed by atoms with Crippen molar-refractivity contribution in [2.75, 3.05) is 38.0 Å². The fourth-order valence-electron chi connectivity index (χ4n) is 3.27. The number of benzene rings is 1. The molecule has 5 nitrogen and oxygen atoms in total. The number of hydrogen-bond donors (Lipinski definition) is 3. The van der Waals surface area contributed by atoms with Crippen LogP contribution in [-0.2, 0) is 4.79 Å². The first-order valence-electron chi connectivity index (χ1n) is 9.94. The van der Waals surface area contributed by atoms with Gasteiger partial charge in [-0.15, -0.1) is 0 Å². The average Bonchev–Trinajstić information content (AvgIpc) is 2.79.